The summed E-state index contributed by atoms with van der Waals surface area (Å²) in [5.74, 6) is -1.05. The summed E-state index contributed by atoms with van der Waals surface area (Å²) < 4.78 is 0. The van der Waals surface area contributed by atoms with Gasteiger partial charge in [0, 0.05) is 12.3 Å². The number of nitrogens with one attached hydrogen (secondary N) is 1. The average molecular weight is 215 g/mol. The molecule has 4 nitrogen and oxygen atoms in total. The predicted molar refractivity (Wildman–Crippen MR) is 58.7 cm³/mol. The van der Waals surface area contributed by atoms with Crippen LogP contribution < -0.4 is 5.32 Å². The number of carboxylic acids is 1. The summed E-state index contributed by atoms with van der Waals surface area (Å²) in [5.41, 5.74) is 0. The Bertz CT molecular complexity index is 214. The molecule has 0 aromatic carbocycles. The number of ketones is 1. The zero-order valence-electron chi connectivity index (χ0n) is 9.75. The smallest absolute Gasteiger partial charge is 0.304 e. The van der Waals surface area contributed by atoms with E-state index in [4.69, 9.17) is 5.11 Å². The lowest BCUT2D eigenvalue weighted by Crippen LogP contribution is -2.24. The van der Waals surface area contributed by atoms with E-state index in [1.165, 1.54) is 0 Å². The van der Waals surface area contributed by atoms with E-state index < -0.39 is 5.97 Å². The minimum atomic E-state index is -0.893. The van der Waals surface area contributed by atoms with Gasteiger partial charge >= 0.3 is 5.97 Å². The molecule has 0 aliphatic rings. The Morgan fingerprint density at radius 2 is 1.93 bits per heavy atom. The molecule has 15 heavy (non-hydrogen) atoms. The van der Waals surface area contributed by atoms with Gasteiger partial charge in [0.25, 0.3) is 0 Å². The number of carbonyl (C=O) groups is 2. The molecule has 0 amide bonds. The number of hydrogen-bond acceptors (Lipinski definition) is 3. The van der Waals surface area contributed by atoms with Crippen LogP contribution in [0.25, 0.3) is 0 Å². The lowest BCUT2D eigenvalue weighted by atomic mass is 9.86. The normalized spacial score (nSPS) is 12.8. The first-order chi connectivity index (χ1) is 6.99. The maximum atomic E-state index is 11.7. The molecule has 0 aromatic rings. The third kappa shape index (κ3) is 6.23. The molecule has 0 rings (SSSR count). The van der Waals surface area contributed by atoms with Gasteiger partial charge in [0.2, 0.25) is 0 Å². The van der Waals surface area contributed by atoms with Crippen LogP contribution in [0.4, 0.5) is 0 Å². The highest BCUT2D eigenvalue weighted by atomic mass is 16.4. The van der Waals surface area contributed by atoms with Crippen molar-refractivity contribution in [1.29, 1.82) is 0 Å². The van der Waals surface area contributed by atoms with Gasteiger partial charge in [-0.3, -0.25) is 9.59 Å². The SMILES string of the molecule is CNCCCC(=O)C(CC(=O)O)C(C)C. The highest BCUT2D eigenvalue weighted by Gasteiger charge is 2.23. The van der Waals surface area contributed by atoms with E-state index in [1.54, 1.807) is 0 Å². The predicted octanol–water partition coefficient (Wildman–Crippen LogP) is 1.30. The molecule has 4 heteroatoms. The molecule has 0 saturated heterocycles. The summed E-state index contributed by atoms with van der Waals surface area (Å²) in [4.78, 5) is 22.3. The topological polar surface area (TPSA) is 66.4 Å². The lowest BCUT2D eigenvalue weighted by molar-refractivity contribution is -0.141. The van der Waals surface area contributed by atoms with Gasteiger partial charge in [0.1, 0.15) is 5.78 Å². The van der Waals surface area contributed by atoms with Crippen LogP contribution in [-0.2, 0) is 9.59 Å². The molecule has 88 valence electrons. The Morgan fingerprint density at radius 1 is 1.33 bits per heavy atom. The first-order valence-electron chi connectivity index (χ1n) is 5.38. The van der Waals surface area contributed by atoms with E-state index in [0.29, 0.717) is 6.42 Å². The maximum Gasteiger partial charge on any atom is 0.304 e. The first-order valence-corrected chi connectivity index (χ1v) is 5.38. The summed E-state index contributed by atoms with van der Waals surface area (Å²) >= 11 is 0. The fourth-order valence-electron chi connectivity index (χ4n) is 1.53. The molecule has 0 bridgehead atoms. The van der Waals surface area contributed by atoms with E-state index in [-0.39, 0.29) is 24.0 Å². The Labute approximate surface area is 91.1 Å². The van der Waals surface area contributed by atoms with E-state index in [1.807, 2.05) is 20.9 Å². The Morgan fingerprint density at radius 3 is 2.33 bits per heavy atom. The van der Waals surface area contributed by atoms with Crippen LogP contribution in [0, 0.1) is 11.8 Å². The van der Waals surface area contributed by atoms with Gasteiger partial charge in [0.05, 0.1) is 6.42 Å². The molecular formula is C11H21NO3. The quantitative estimate of drug-likeness (QED) is 0.599. The third-order valence-corrected chi connectivity index (χ3v) is 2.46. The molecule has 2 N–H and O–H groups in total. The van der Waals surface area contributed by atoms with Gasteiger partial charge in [-0.25, -0.2) is 0 Å². The van der Waals surface area contributed by atoms with Crippen molar-refractivity contribution in [2.75, 3.05) is 13.6 Å². The Kier molecular flexibility index (Phi) is 6.96. The van der Waals surface area contributed by atoms with Crippen molar-refractivity contribution in [2.24, 2.45) is 11.8 Å². The number of hydrogen-bond donors (Lipinski definition) is 2. The largest absolute Gasteiger partial charge is 0.481 e. The summed E-state index contributed by atoms with van der Waals surface area (Å²) in [5, 5.41) is 11.7. The van der Waals surface area contributed by atoms with Gasteiger partial charge in [-0.05, 0) is 25.9 Å². The van der Waals surface area contributed by atoms with Crippen LogP contribution in [0.15, 0.2) is 0 Å². The molecule has 0 spiro atoms. The first kappa shape index (κ1) is 14.1. The molecule has 0 aromatic heterocycles. The van der Waals surface area contributed by atoms with Crippen molar-refractivity contribution in [2.45, 2.75) is 33.1 Å². The zero-order valence-corrected chi connectivity index (χ0v) is 9.75. The fourth-order valence-corrected chi connectivity index (χ4v) is 1.53. The van der Waals surface area contributed by atoms with Gasteiger partial charge in [-0.1, -0.05) is 13.8 Å². The minimum Gasteiger partial charge on any atom is -0.481 e. The van der Waals surface area contributed by atoms with Crippen molar-refractivity contribution in [3.05, 3.63) is 0 Å². The van der Waals surface area contributed by atoms with Crippen LogP contribution >= 0.6 is 0 Å². The average Bonchev–Trinajstić information content (AvgIpc) is 2.13. The third-order valence-electron chi connectivity index (χ3n) is 2.46. The Balaban J connectivity index is 4.11. The zero-order chi connectivity index (χ0) is 11.8. The molecule has 0 aliphatic heterocycles. The second-order valence-corrected chi connectivity index (χ2v) is 4.12. The molecular weight excluding hydrogens is 194 g/mol. The number of carbonyl (C=O) groups excluding carboxylic acids is 1. The van der Waals surface area contributed by atoms with E-state index in [0.717, 1.165) is 13.0 Å². The van der Waals surface area contributed by atoms with Crippen LogP contribution in [0.5, 0.6) is 0 Å². The monoisotopic (exact) mass is 215 g/mol. The standard InChI is InChI=1S/C11H21NO3/c1-8(2)9(7-11(14)15)10(13)5-4-6-12-3/h8-9,12H,4-7H2,1-3H3,(H,14,15). The van der Waals surface area contributed by atoms with Gasteiger partial charge in [-0.2, -0.15) is 0 Å². The number of rotatable bonds is 8. The van der Waals surface area contributed by atoms with Crippen molar-refractivity contribution < 1.29 is 14.7 Å². The second kappa shape index (κ2) is 7.40. The van der Waals surface area contributed by atoms with Crippen LogP contribution in [-0.4, -0.2) is 30.5 Å². The van der Waals surface area contributed by atoms with Crippen molar-refractivity contribution in [3.8, 4) is 0 Å². The van der Waals surface area contributed by atoms with E-state index in [9.17, 15) is 9.59 Å². The summed E-state index contributed by atoms with van der Waals surface area (Å²) in [6.07, 6.45) is 1.20. The number of aliphatic carboxylic acids is 1. The van der Waals surface area contributed by atoms with Crippen molar-refractivity contribution in [1.82, 2.24) is 5.32 Å². The van der Waals surface area contributed by atoms with Crippen LogP contribution in [0.1, 0.15) is 33.1 Å². The van der Waals surface area contributed by atoms with Crippen LogP contribution in [0.3, 0.4) is 0 Å². The molecule has 0 saturated carbocycles. The summed E-state index contributed by atoms with van der Waals surface area (Å²) in [6.45, 7) is 4.58. The van der Waals surface area contributed by atoms with Gasteiger partial charge in [0.15, 0.2) is 0 Å². The van der Waals surface area contributed by atoms with Crippen LogP contribution in [0.2, 0.25) is 0 Å². The minimum absolute atomic E-state index is 0.0456. The van der Waals surface area contributed by atoms with Gasteiger partial charge < -0.3 is 10.4 Å². The van der Waals surface area contributed by atoms with E-state index in [2.05, 4.69) is 5.32 Å². The number of carboxylic acid groups (broad SMARTS) is 1. The van der Waals surface area contributed by atoms with Crippen molar-refractivity contribution in [3.63, 3.8) is 0 Å². The Hall–Kier alpha value is -0.900. The highest BCUT2D eigenvalue weighted by molar-refractivity contribution is 5.85. The maximum absolute atomic E-state index is 11.7. The molecule has 0 heterocycles. The summed E-state index contributed by atoms with van der Waals surface area (Å²) in [7, 11) is 1.83. The fraction of sp³-hybridized carbons (Fsp3) is 0.818. The second-order valence-electron chi connectivity index (χ2n) is 4.12. The molecule has 0 fully saturated rings. The number of Topliss-reactive ketones (excluding diaryl/α,β-unsaturated/α-hetero) is 1. The van der Waals surface area contributed by atoms with Gasteiger partial charge in [-0.15, -0.1) is 0 Å². The molecule has 1 unspecified atom stereocenters. The van der Waals surface area contributed by atoms with Crippen molar-refractivity contribution >= 4 is 11.8 Å². The lowest BCUT2D eigenvalue weighted by Gasteiger charge is -2.17. The van der Waals surface area contributed by atoms with E-state index >= 15 is 0 Å². The highest BCUT2D eigenvalue weighted by Crippen LogP contribution is 2.18. The molecule has 0 radical (unpaired) electrons. The molecule has 1 atom stereocenters. The molecule has 0 aliphatic carbocycles. The summed E-state index contributed by atoms with van der Waals surface area (Å²) in [6, 6.07) is 0.